The summed E-state index contributed by atoms with van der Waals surface area (Å²) in [7, 11) is 0.676. The summed E-state index contributed by atoms with van der Waals surface area (Å²) < 4.78 is 36.3. The number of pyridine rings is 3. The number of urea groups is 1. The van der Waals surface area contributed by atoms with Crippen LogP contribution in [-0.2, 0) is 16.1 Å². The number of alkyl halides is 3. The Balaban J connectivity index is 0.000000371. The van der Waals surface area contributed by atoms with Crippen molar-refractivity contribution in [2.75, 3.05) is 12.4 Å². The predicted octanol–water partition coefficient (Wildman–Crippen LogP) is 3.77. The van der Waals surface area contributed by atoms with Crippen molar-refractivity contribution in [1.82, 2.24) is 30.5 Å². The average molecular weight is 487 g/mol. The lowest BCUT2D eigenvalue weighted by Gasteiger charge is -2.07. The minimum atomic E-state index is -4.85. The molecule has 4 aromatic heterocycles. The maximum absolute atomic E-state index is 12.1. The number of aryl methyl sites for hydroxylation is 1. The Morgan fingerprint density at radius 1 is 1.09 bits per heavy atom. The number of amides is 2. The average Bonchev–Trinajstić information content (AvgIpc) is 3.26. The zero-order valence-corrected chi connectivity index (χ0v) is 18.6. The fourth-order valence-corrected chi connectivity index (χ4v) is 2.85. The van der Waals surface area contributed by atoms with Crippen molar-refractivity contribution in [2.45, 2.75) is 19.6 Å². The van der Waals surface area contributed by atoms with Crippen molar-refractivity contribution in [3.8, 4) is 11.3 Å². The first kappa shape index (κ1) is 25.1. The van der Waals surface area contributed by atoms with E-state index in [0.29, 0.717) is 19.5 Å². The molecule has 13 heteroatoms. The van der Waals surface area contributed by atoms with Crippen LogP contribution in [-0.4, -0.2) is 50.4 Å². The van der Waals surface area contributed by atoms with Gasteiger partial charge >= 0.3 is 18.2 Å². The molecular formula is C22H20F3N7O3. The maximum atomic E-state index is 12.1. The highest BCUT2D eigenvalue weighted by molar-refractivity contribution is 5.95. The number of methoxy groups -OCH3 is 1. The van der Waals surface area contributed by atoms with Crippen molar-refractivity contribution >= 4 is 28.7 Å². The standard InChI is InChI=1S/C19H17N7O.C3H3F3O2/c1-12-8-14(4-7-21-12)18-15-11-22-17(9-16(15)25-26-18)24-19(27)23-10-13-2-5-20-6-3-13;1-8-2(7)3(4,5)6/h2-9,11H,10H2,1H3,(H,25,26)(H2,22,23,24,27);1H3. The van der Waals surface area contributed by atoms with Gasteiger partial charge in [0, 0.05) is 54.0 Å². The van der Waals surface area contributed by atoms with Crippen molar-refractivity contribution < 1.29 is 27.5 Å². The van der Waals surface area contributed by atoms with E-state index in [1.54, 1.807) is 30.9 Å². The number of carbonyl (C=O) groups excluding carboxylic acids is 2. The third-order valence-electron chi connectivity index (χ3n) is 4.48. The van der Waals surface area contributed by atoms with Crippen LogP contribution >= 0.6 is 0 Å². The van der Waals surface area contributed by atoms with E-state index < -0.39 is 12.1 Å². The van der Waals surface area contributed by atoms with Gasteiger partial charge < -0.3 is 10.1 Å². The molecule has 0 unspecified atom stereocenters. The highest BCUT2D eigenvalue weighted by Gasteiger charge is 2.40. The van der Waals surface area contributed by atoms with Gasteiger partial charge in [0.05, 0.1) is 12.6 Å². The van der Waals surface area contributed by atoms with E-state index in [-0.39, 0.29) is 6.03 Å². The molecule has 0 atom stereocenters. The molecule has 10 nitrogen and oxygen atoms in total. The van der Waals surface area contributed by atoms with Crippen LogP contribution in [0.4, 0.5) is 23.8 Å². The van der Waals surface area contributed by atoms with Crippen molar-refractivity contribution in [1.29, 1.82) is 0 Å². The number of hydrogen-bond acceptors (Lipinski definition) is 7. The highest BCUT2D eigenvalue weighted by atomic mass is 19.4. The first-order chi connectivity index (χ1) is 16.7. The maximum Gasteiger partial charge on any atom is 0.490 e. The number of fused-ring (bicyclic) bond motifs is 1. The summed E-state index contributed by atoms with van der Waals surface area (Å²) in [6, 6.07) is 8.99. The Hall–Kier alpha value is -4.55. The van der Waals surface area contributed by atoms with Gasteiger partial charge in [0.2, 0.25) is 0 Å². The number of hydrogen-bond donors (Lipinski definition) is 3. The molecule has 4 heterocycles. The number of aromatic amines is 1. The predicted molar refractivity (Wildman–Crippen MR) is 120 cm³/mol. The van der Waals surface area contributed by atoms with Gasteiger partial charge in [-0.15, -0.1) is 0 Å². The minimum absolute atomic E-state index is 0.330. The fraction of sp³-hybridized carbons (Fsp3) is 0.182. The molecule has 0 saturated carbocycles. The summed E-state index contributed by atoms with van der Waals surface area (Å²) >= 11 is 0. The Labute approximate surface area is 197 Å². The van der Waals surface area contributed by atoms with Crippen LogP contribution in [0.25, 0.3) is 22.2 Å². The fourth-order valence-electron chi connectivity index (χ4n) is 2.85. The Kier molecular flexibility index (Phi) is 7.92. The van der Waals surface area contributed by atoms with Gasteiger partial charge in [-0.3, -0.25) is 20.4 Å². The third-order valence-corrected chi connectivity index (χ3v) is 4.48. The van der Waals surface area contributed by atoms with Gasteiger partial charge in [-0.2, -0.15) is 18.3 Å². The number of nitrogens with one attached hydrogen (secondary N) is 3. The molecule has 0 saturated heterocycles. The Morgan fingerprint density at radius 3 is 2.46 bits per heavy atom. The molecular weight excluding hydrogens is 467 g/mol. The van der Waals surface area contributed by atoms with Crippen LogP contribution in [0.1, 0.15) is 11.3 Å². The molecule has 4 aromatic rings. The smallest absolute Gasteiger partial charge is 0.462 e. The number of carbonyl (C=O) groups is 2. The van der Waals surface area contributed by atoms with Crippen molar-refractivity contribution in [3.63, 3.8) is 0 Å². The number of anilines is 1. The van der Waals surface area contributed by atoms with E-state index in [1.165, 1.54) is 0 Å². The van der Waals surface area contributed by atoms with Crippen LogP contribution in [0, 0.1) is 6.92 Å². The number of aromatic nitrogens is 5. The largest absolute Gasteiger partial charge is 0.490 e. The van der Waals surface area contributed by atoms with E-state index in [1.807, 2.05) is 31.2 Å². The lowest BCUT2D eigenvalue weighted by atomic mass is 10.1. The second-order valence-corrected chi connectivity index (χ2v) is 7.03. The topological polar surface area (TPSA) is 135 Å². The summed E-state index contributed by atoms with van der Waals surface area (Å²) in [6.45, 7) is 2.34. The van der Waals surface area contributed by atoms with Gasteiger partial charge in [-0.1, -0.05) is 0 Å². The lowest BCUT2D eigenvalue weighted by molar-refractivity contribution is -0.196. The van der Waals surface area contributed by atoms with Crippen molar-refractivity contribution in [3.05, 3.63) is 66.4 Å². The monoisotopic (exact) mass is 487 g/mol. The molecule has 4 rings (SSSR count). The van der Waals surface area contributed by atoms with Crippen LogP contribution < -0.4 is 10.6 Å². The van der Waals surface area contributed by atoms with Crippen LogP contribution in [0.5, 0.6) is 0 Å². The number of nitrogens with zero attached hydrogens (tertiary/aromatic N) is 4. The normalized spacial score (nSPS) is 10.8. The van der Waals surface area contributed by atoms with E-state index in [0.717, 1.165) is 33.4 Å². The molecule has 0 bridgehead atoms. The Morgan fingerprint density at radius 2 is 1.83 bits per heavy atom. The molecule has 3 N–H and O–H groups in total. The molecule has 0 spiro atoms. The molecule has 0 aliphatic rings. The van der Waals surface area contributed by atoms with E-state index in [4.69, 9.17) is 0 Å². The SMILES string of the molecule is COC(=O)C(F)(F)F.Cc1cc(-c2n[nH]c3cc(NC(=O)NCc4ccncc4)ncc23)ccn1. The molecule has 0 aromatic carbocycles. The number of rotatable bonds is 4. The number of H-pyrrole nitrogens is 1. The van der Waals surface area contributed by atoms with Gasteiger partial charge in [-0.05, 0) is 36.8 Å². The van der Waals surface area contributed by atoms with Gasteiger partial charge in [0.15, 0.2) is 0 Å². The van der Waals surface area contributed by atoms with Crippen LogP contribution in [0.2, 0.25) is 0 Å². The van der Waals surface area contributed by atoms with Crippen LogP contribution in [0.3, 0.4) is 0 Å². The summed E-state index contributed by atoms with van der Waals surface area (Å²) in [5.41, 5.74) is 4.44. The Bertz CT molecular complexity index is 1310. The molecule has 0 radical (unpaired) electrons. The number of esters is 1. The quantitative estimate of drug-likeness (QED) is 0.373. The lowest BCUT2D eigenvalue weighted by Crippen LogP contribution is -2.28. The molecule has 35 heavy (non-hydrogen) atoms. The summed E-state index contributed by atoms with van der Waals surface area (Å²) in [5, 5.41) is 13.8. The van der Waals surface area contributed by atoms with Gasteiger partial charge in [-0.25, -0.2) is 14.6 Å². The van der Waals surface area contributed by atoms with E-state index >= 15 is 0 Å². The first-order valence-corrected chi connectivity index (χ1v) is 10.0. The van der Waals surface area contributed by atoms with Gasteiger partial charge in [0.25, 0.3) is 0 Å². The molecule has 0 aliphatic heterocycles. The first-order valence-electron chi connectivity index (χ1n) is 10.0. The second kappa shape index (κ2) is 11.0. The summed E-state index contributed by atoms with van der Waals surface area (Å²) in [6.07, 6.45) is 1.97. The zero-order chi connectivity index (χ0) is 25.4. The third kappa shape index (κ3) is 6.96. The van der Waals surface area contributed by atoms with Gasteiger partial charge in [0.1, 0.15) is 11.5 Å². The van der Waals surface area contributed by atoms with E-state index in [2.05, 4.69) is 40.5 Å². The molecule has 182 valence electrons. The summed E-state index contributed by atoms with van der Waals surface area (Å²) in [5.74, 6) is -1.73. The summed E-state index contributed by atoms with van der Waals surface area (Å²) in [4.78, 5) is 34.0. The molecule has 2 amide bonds. The molecule has 0 fully saturated rings. The molecule has 0 aliphatic carbocycles. The zero-order valence-electron chi connectivity index (χ0n) is 18.6. The van der Waals surface area contributed by atoms with Crippen molar-refractivity contribution in [2.24, 2.45) is 0 Å². The second-order valence-electron chi connectivity index (χ2n) is 7.03. The van der Waals surface area contributed by atoms with Crippen LogP contribution in [0.15, 0.2) is 55.1 Å². The van der Waals surface area contributed by atoms with E-state index in [9.17, 15) is 22.8 Å². The highest BCUT2D eigenvalue weighted by Crippen LogP contribution is 2.26. The number of halogens is 3. The number of ether oxygens (including phenoxy) is 1. The minimum Gasteiger partial charge on any atom is -0.462 e.